The Bertz CT molecular complexity index is 326. The molecular weight excluding hydrogens is 220 g/mol. The van der Waals surface area contributed by atoms with Gasteiger partial charge >= 0.3 is 0 Å². The largest absolute Gasteiger partial charge is 0.314 e. The van der Waals surface area contributed by atoms with Gasteiger partial charge in [0.25, 0.3) is 0 Å². The van der Waals surface area contributed by atoms with Crippen LogP contribution in [-0.4, -0.2) is 36.6 Å². The first kappa shape index (κ1) is 13.6. The molecule has 1 aliphatic heterocycles. The maximum absolute atomic E-state index is 3.49. The Morgan fingerprint density at radius 2 is 1.72 bits per heavy atom. The zero-order chi connectivity index (χ0) is 12.8. The topological polar surface area (TPSA) is 15.3 Å². The zero-order valence-corrected chi connectivity index (χ0v) is 11.7. The van der Waals surface area contributed by atoms with Crippen LogP contribution in [0, 0.1) is 0 Å². The second-order valence-corrected chi connectivity index (χ2v) is 5.54. The van der Waals surface area contributed by atoms with Crippen molar-refractivity contribution in [3.8, 4) is 0 Å². The van der Waals surface area contributed by atoms with Gasteiger partial charge in [0, 0.05) is 25.2 Å². The zero-order valence-electron chi connectivity index (χ0n) is 11.7. The average Bonchev–Trinajstić information content (AvgIpc) is 2.38. The summed E-state index contributed by atoms with van der Waals surface area (Å²) in [4.78, 5) is 2.65. The van der Waals surface area contributed by atoms with E-state index in [-0.39, 0.29) is 0 Å². The molecule has 1 fully saturated rings. The van der Waals surface area contributed by atoms with Crippen molar-refractivity contribution in [2.45, 2.75) is 45.2 Å². The highest BCUT2D eigenvalue weighted by Crippen LogP contribution is 2.12. The van der Waals surface area contributed by atoms with E-state index in [1.807, 2.05) is 0 Å². The molecule has 2 heteroatoms. The van der Waals surface area contributed by atoms with Crippen LogP contribution < -0.4 is 5.32 Å². The van der Waals surface area contributed by atoms with Crippen LogP contribution in [0.15, 0.2) is 30.3 Å². The number of unbranched alkanes of at least 4 members (excludes halogenated alkanes) is 1. The quantitative estimate of drug-likeness (QED) is 0.804. The molecule has 1 N–H and O–H groups in total. The molecule has 0 aliphatic carbocycles. The van der Waals surface area contributed by atoms with Crippen molar-refractivity contribution in [2.24, 2.45) is 0 Å². The Morgan fingerprint density at radius 1 is 1.06 bits per heavy atom. The third kappa shape index (κ3) is 3.82. The molecule has 2 unspecified atom stereocenters. The van der Waals surface area contributed by atoms with Crippen LogP contribution in [0.4, 0.5) is 0 Å². The first-order valence-corrected chi connectivity index (χ1v) is 7.28. The summed E-state index contributed by atoms with van der Waals surface area (Å²) >= 11 is 0. The SMILES string of the molecule is CC1CNCC(C)N1CCCCc1ccccc1. The summed E-state index contributed by atoms with van der Waals surface area (Å²) in [6.07, 6.45) is 3.83. The molecule has 2 rings (SSSR count). The summed E-state index contributed by atoms with van der Waals surface area (Å²) in [7, 11) is 0. The Kier molecular flexibility index (Phi) is 5.21. The molecule has 1 aromatic carbocycles. The molecule has 0 saturated carbocycles. The summed E-state index contributed by atoms with van der Waals surface area (Å²) in [6.45, 7) is 8.20. The standard InChI is InChI=1S/C16H26N2/c1-14-12-17-13-15(2)18(14)11-7-6-10-16-8-4-3-5-9-16/h3-5,8-9,14-15,17H,6-7,10-13H2,1-2H3. The van der Waals surface area contributed by atoms with E-state index in [1.165, 1.54) is 31.4 Å². The maximum Gasteiger partial charge on any atom is 0.0195 e. The van der Waals surface area contributed by atoms with E-state index in [4.69, 9.17) is 0 Å². The molecule has 18 heavy (non-hydrogen) atoms. The van der Waals surface area contributed by atoms with Crippen LogP contribution in [0.2, 0.25) is 0 Å². The minimum absolute atomic E-state index is 0.686. The molecule has 0 aromatic heterocycles. The van der Waals surface area contributed by atoms with E-state index < -0.39 is 0 Å². The summed E-state index contributed by atoms with van der Waals surface area (Å²) < 4.78 is 0. The molecule has 2 atom stereocenters. The molecule has 100 valence electrons. The van der Waals surface area contributed by atoms with Gasteiger partial charge in [0.05, 0.1) is 0 Å². The van der Waals surface area contributed by atoms with Gasteiger partial charge in [-0.1, -0.05) is 30.3 Å². The fourth-order valence-electron chi connectivity index (χ4n) is 2.88. The van der Waals surface area contributed by atoms with E-state index in [1.54, 1.807) is 0 Å². The fraction of sp³-hybridized carbons (Fsp3) is 0.625. The van der Waals surface area contributed by atoms with Gasteiger partial charge in [-0.25, -0.2) is 0 Å². The number of nitrogens with one attached hydrogen (secondary N) is 1. The number of nitrogens with zero attached hydrogens (tertiary/aromatic N) is 1. The highest BCUT2D eigenvalue weighted by atomic mass is 15.2. The predicted octanol–water partition coefficient (Wildman–Crippen LogP) is 2.69. The minimum atomic E-state index is 0.686. The van der Waals surface area contributed by atoms with Gasteiger partial charge in [-0.05, 0) is 45.2 Å². The van der Waals surface area contributed by atoms with Crippen LogP contribution in [-0.2, 0) is 6.42 Å². The van der Waals surface area contributed by atoms with Crippen molar-refractivity contribution < 1.29 is 0 Å². The van der Waals surface area contributed by atoms with Crippen LogP contribution in [0.1, 0.15) is 32.3 Å². The van der Waals surface area contributed by atoms with Crippen LogP contribution in [0.3, 0.4) is 0 Å². The van der Waals surface area contributed by atoms with Crippen molar-refractivity contribution >= 4 is 0 Å². The number of benzene rings is 1. The van der Waals surface area contributed by atoms with Gasteiger partial charge < -0.3 is 5.32 Å². The van der Waals surface area contributed by atoms with Crippen molar-refractivity contribution in [3.05, 3.63) is 35.9 Å². The van der Waals surface area contributed by atoms with Crippen molar-refractivity contribution in [1.29, 1.82) is 0 Å². The highest BCUT2D eigenvalue weighted by Gasteiger charge is 2.23. The van der Waals surface area contributed by atoms with Crippen LogP contribution >= 0.6 is 0 Å². The second-order valence-electron chi connectivity index (χ2n) is 5.54. The number of hydrogen-bond donors (Lipinski definition) is 1. The van der Waals surface area contributed by atoms with E-state index >= 15 is 0 Å². The van der Waals surface area contributed by atoms with Gasteiger partial charge in [0.15, 0.2) is 0 Å². The monoisotopic (exact) mass is 246 g/mol. The molecule has 1 saturated heterocycles. The third-order valence-corrected chi connectivity index (χ3v) is 3.99. The van der Waals surface area contributed by atoms with E-state index in [9.17, 15) is 0 Å². The number of aryl methyl sites for hydroxylation is 1. The van der Waals surface area contributed by atoms with Crippen LogP contribution in [0.5, 0.6) is 0 Å². The van der Waals surface area contributed by atoms with Gasteiger partial charge in [0.1, 0.15) is 0 Å². The van der Waals surface area contributed by atoms with Crippen molar-refractivity contribution in [1.82, 2.24) is 10.2 Å². The average molecular weight is 246 g/mol. The smallest absolute Gasteiger partial charge is 0.0195 e. The molecule has 1 aliphatic rings. The van der Waals surface area contributed by atoms with E-state index in [2.05, 4.69) is 54.4 Å². The lowest BCUT2D eigenvalue weighted by molar-refractivity contribution is 0.115. The number of hydrogen-bond acceptors (Lipinski definition) is 2. The Labute approximate surface area is 111 Å². The maximum atomic E-state index is 3.49. The van der Waals surface area contributed by atoms with Gasteiger partial charge in [-0.3, -0.25) is 4.90 Å². The Hall–Kier alpha value is -0.860. The second kappa shape index (κ2) is 6.91. The number of rotatable bonds is 5. The highest BCUT2D eigenvalue weighted by molar-refractivity contribution is 5.14. The summed E-state index contributed by atoms with van der Waals surface area (Å²) in [5.74, 6) is 0. The summed E-state index contributed by atoms with van der Waals surface area (Å²) in [5.41, 5.74) is 1.47. The van der Waals surface area contributed by atoms with Crippen LogP contribution in [0.25, 0.3) is 0 Å². The molecule has 0 amide bonds. The van der Waals surface area contributed by atoms with Crippen molar-refractivity contribution in [2.75, 3.05) is 19.6 Å². The molecule has 1 heterocycles. The van der Waals surface area contributed by atoms with Crippen molar-refractivity contribution in [3.63, 3.8) is 0 Å². The fourth-order valence-corrected chi connectivity index (χ4v) is 2.88. The molecular formula is C16H26N2. The van der Waals surface area contributed by atoms with E-state index in [0.29, 0.717) is 12.1 Å². The lowest BCUT2D eigenvalue weighted by Crippen LogP contribution is -2.55. The normalized spacial score (nSPS) is 25.2. The third-order valence-electron chi connectivity index (χ3n) is 3.99. The van der Waals surface area contributed by atoms with Gasteiger partial charge in [-0.15, -0.1) is 0 Å². The first-order valence-electron chi connectivity index (χ1n) is 7.28. The first-order chi connectivity index (χ1) is 8.77. The molecule has 0 spiro atoms. The molecule has 1 aromatic rings. The minimum Gasteiger partial charge on any atom is -0.314 e. The summed E-state index contributed by atoms with van der Waals surface area (Å²) in [5, 5.41) is 3.49. The molecule has 2 nitrogen and oxygen atoms in total. The lowest BCUT2D eigenvalue weighted by Gasteiger charge is -2.39. The summed E-state index contributed by atoms with van der Waals surface area (Å²) in [6, 6.07) is 12.2. The number of piperazine rings is 1. The molecule has 0 bridgehead atoms. The van der Waals surface area contributed by atoms with Gasteiger partial charge in [-0.2, -0.15) is 0 Å². The Balaban J connectivity index is 1.68. The Morgan fingerprint density at radius 3 is 2.39 bits per heavy atom. The van der Waals surface area contributed by atoms with E-state index in [0.717, 1.165) is 13.1 Å². The lowest BCUT2D eigenvalue weighted by atomic mass is 10.1. The van der Waals surface area contributed by atoms with Gasteiger partial charge in [0.2, 0.25) is 0 Å². The predicted molar refractivity (Wildman–Crippen MR) is 77.9 cm³/mol. The molecule has 0 radical (unpaired) electrons.